The molecule has 1 aromatic carbocycles. The summed E-state index contributed by atoms with van der Waals surface area (Å²) in [7, 11) is 0. The lowest BCUT2D eigenvalue weighted by Gasteiger charge is -2.30. The van der Waals surface area contributed by atoms with Crippen LogP contribution in [0.5, 0.6) is 0 Å². The minimum absolute atomic E-state index is 0.830. The van der Waals surface area contributed by atoms with Gasteiger partial charge in [0.1, 0.15) is 12.1 Å². The van der Waals surface area contributed by atoms with Crippen molar-refractivity contribution in [2.45, 2.75) is 13.3 Å². The van der Waals surface area contributed by atoms with Gasteiger partial charge in [0.05, 0.1) is 6.20 Å². The van der Waals surface area contributed by atoms with Crippen molar-refractivity contribution in [3.05, 3.63) is 36.3 Å². The summed E-state index contributed by atoms with van der Waals surface area (Å²) in [6.07, 6.45) is 5.20. The maximum atomic E-state index is 5.82. The molecule has 1 aliphatic heterocycles. The molecule has 0 amide bonds. The Hall–Kier alpha value is -1.97. The molecule has 1 aromatic heterocycles. The van der Waals surface area contributed by atoms with Gasteiger partial charge in [-0.2, -0.15) is 0 Å². The highest BCUT2D eigenvalue weighted by Crippen LogP contribution is 2.21. The average molecular weight is 228 g/mol. The Morgan fingerprint density at radius 2 is 2.12 bits per heavy atom. The number of aryl methyl sites for hydroxylation is 1. The molecule has 88 valence electrons. The van der Waals surface area contributed by atoms with E-state index in [-0.39, 0.29) is 0 Å². The van der Waals surface area contributed by atoms with Crippen molar-refractivity contribution in [1.82, 2.24) is 9.55 Å². The van der Waals surface area contributed by atoms with Crippen molar-refractivity contribution in [1.29, 1.82) is 0 Å². The summed E-state index contributed by atoms with van der Waals surface area (Å²) >= 11 is 0. The zero-order chi connectivity index (χ0) is 11.8. The van der Waals surface area contributed by atoms with Crippen molar-refractivity contribution in [3.63, 3.8) is 0 Å². The second-order valence-corrected chi connectivity index (χ2v) is 4.52. The summed E-state index contributed by atoms with van der Waals surface area (Å²) in [5.74, 6) is 1.06. The Labute approximate surface area is 101 Å². The summed E-state index contributed by atoms with van der Waals surface area (Å²) in [6.45, 7) is 4.27. The number of aromatic nitrogens is 2. The first-order valence-corrected chi connectivity index (χ1v) is 5.89. The molecule has 3 rings (SSSR count). The zero-order valence-corrected chi connectivity index (χ0v) is 9.93. The topological polar surface area (TPSA) is 47.1 Å². The lowest BCUT2D eigenvalue weighted by molar-refractivity contribution is 0.611. The highest BCUT2D eigenvalue weighted by atomic mass is 15.3. The molecule has 0 unspecified atom stereocenters. The molecule has 2 aromatic rings. The lowest BCUT2D eigenvalue weighted by atomic mass is 10.2. The number of nitrogen functional groups attached to an aromatic ring is 1. The molecule has 4 heteroatoms. The number of benzene rings is 1. The number of hydrogen-bond acceptors (Lipinski definition) is 3. The predicted octanol–water partition coefficient (Wildman–Crippen LogP) is 1.97. The van der Waals surface area contributed by atoms with Gasteiger partial charge in [-0.25, -0.2) is 4.98 Å². The summed E-state index contributed by atoms with van der Waals surface area (Å²) in [4.78, 5) is 6.70. The van der Waals surface area contributed by atoms with E-state index < -0.39 is 0 Å². The lowest BCUT2D eigenvalue weighted by Crippen LogP contribution is -2.37. The highest BCUT2D eigenvalue weighted by molar-refractivity contribution is 5.53. The van der Waals surface area contributed by atoms with Crippen LogP contribution in [0.4, 0.5) is 11.5 Å². The first kappa shape index (κ1) is 10.2. The summed E-state index contributed by atoms with van der Waals surface area (Å²) in [6, 6.07) is 6.04. The molecule has 0 bridgehead atoms. The maximum Gasteiger partial charge on any atom is 0.147 e. The molecule has 1 saturated heterocycles. The van der Waals surface area contributed by atoms with E-state index in [9.17, 15) is 0 Å². The second kappa shape index (κ2) is 3.80. The minimum atomic E-state index is 0.830. The largest absolute Gasteiger partial charge is 0.399 e. The van der Waals surface area contributed by atoms with Gasteiger partial charge in [0.2, 0.25) is 0 Å². The van der Waals surface area contributed by atoms with Crippen LogP contribution in [0.3, 0.4) is 0 Å². The maximum absolute atomic E-state index is 5.82. The van der Waals surface area contributed by atoms with Crippen LogP contribution in [0.2, 0.25) is 0 Å². The molecule has 1 fully saturated rings. The van der Waals surface area contributed by atoms with Gasteiger partial charge in [0.15, 0.2) is 0 Å². The predicted molar refractivity (Wildman–Crippen MR) is 69.5 cm³/mol. The standard InChI is InChI=1S/C13H16N4/c1-10-7-11(3-4-12(10)14)17-8-13(15-9-17)16-5-2-6-16/h3-4,7-9H,2,5-6,14H2,1H3. The number of rotatable bonds is 2. The summed E-state index contributed by atoms with van der Waals surface area (Å²) in [5.41, 5.74) is 8.85. The van der Waals surface area contributed by atoms with Crippen molar-refractivity contribution in [3.8, 4) is 5.69 Å². The van der Waals surface area contributed by atoms with Crippen molar-refractivity contribution in [2.24, 2.45) is 0 Å². The van der Waals surface area contributed by atoms with Crippen molar-refractivity contribution >= 4 is 11.5 Å². The molecule has 0 saturated carbocycles. The third-order valence-corrected chi connectivity index (χ3v) is 3.30. The van der Waals surface area contributed by atoms with Gasteiger partial charge in [0.25, 0.3) is 0 Å². The van der Waals surface area contributed by atoms with Crippen LogP contribution in [0.1, 0.15) is 12.0 Å². The molecule has 0 aliphatic carbocycles. The van der Waals surface area contributed by atoms with Crippen molar-refractivity contribution in [2.75, 3.05) is 23.7 Å². The van der Waals surface area contributed by atoms with Crippen LogP contribution < -0.4 is 10.6 Å². The van der Waals surface area contributed by atoms with Crippen LogP contribution in [0.25, 0.3) is 5.69 Å². The Balaban J connectivity index is 1.92. The molecule has 2 N–H and O–H groups in total. The van der Waals surface area contributed by atoms with Crippen molar-refractivity contribution < 1.29 is 0 Å². The number of nitrogens with two attached hydrogens (primary N) is 1. The molecular weight excluding hydrogens is 212 g/mol. The minimum Gasteiger partial charge on any atom is -0.399 e. The smallest absolute Gasteiger partial charge is 0.147 e. The Kier molecular flexibility index (Phi) is 2.28. The van der Waals surface area contributed by atoms with Gasteiger partial charge in [0, 0.05) is 24.5 Å². The summed E-state index contributed by atoms with van der Waals surface area (Å²) in [5, 5.41) is 0. The number of anilines is 2. The van der Waals surface area contributed by atoms with Gasteiger partial charge in [-0.15, -0.1) is 0 Å². The van der Waals surface area contributed by atoms with E-state index in [0.717, 1.165) is 35.8 Å². The van der Waals surface area contributed by atoms with E-state index in [1.807, 2.05) is 30.0 Å². The molecule has 4 nitrogen and oxygen atoms in total. The van der Waals surface area contributed by atoms with E-state index in [1.165, 1.54) is 6.42 Å². The Morgan fingerprint density at radius 1 is 1.29 bits per heavy atom. The normalized spacial score (nSPS) is 14.8. The molecule has 0 atom stereocenters. The fourth-order valence-electron chi connectivity index (χ4n) is 1.98. The molecule has 2 heterocycles. The average Bonchev–Trinajstić information content (AvgIpc) is 2.69. The first-order valence-electron chi connectivity index (χ1n) is 5.89. The van der Waals surface area contributed by atoms with Gasteiger partial charge in [-0.1, -0.05) is 0 Å². The fraction of sp³-hybridized carbons (Fsp3) is 0.308. The number of nitrogens with zero attached hydrogens (tertiary/aromatic N) is 3. The number of imidazole rings is 1. The fourth-order valence-corrected chi connectivity index (χ4v) is 1.98. The van der Waals surface area contributed by atoms with Crippen LogP contribution in [0.15, 0.2) is 30.7 Å². The zero-order valence-electron chi connectivity index (χ0n) is 9.93. The Bertz CT molecular complexity index is 540. The van der Waals surface area contributed by atoms with Gasteiger partial charge < -0.3 is 15.2 Å². The van der Waals surface area contributed by atoms with E-state index in [1.54, 1.807) is 0 Å². The van der Waals surface area contributed by atoms with Gasteiger partial charge in [-0.05, 0) is 37.1 Å². The van der Waals surface area contributed by atoms with E-state index in [0.29, 0.717) is 0 Å². The van der Waals surface area contributed by atoms with Gasteiger partial charge in [-0.3, -0.25) is 0 Å². The van der Waals surface area contributed by atoms with Crippen LogP contribution in [0, 0.1) is 6.92 Å². The first-order chi connectivity index (χ1) is 8.24. The highest BCUT2D eigenvalue weighted by Gasteiger charge is 2.16. The van der Waals surface area contributed by atoms with Crippen LogP contribution in [-0.4, -0.2) is 22.6 Å². The van der Waals surface area contributed by atoms with Crippen LogP contribution in [-0.2, 0) is 0 Å². The Morgan fingerprint density at radius 3 is 2.76 bits per heavy atom. The molecule has 0 radical (unpaired) electrons. The second-order valence-electron chi connectivity index (χ2n) is 4.52. The SMILES string of the molecule is Cc1cc(-n2cnc(N3CCC3)c2)ccc1N. The molecule has 17 heavy (non-hydrogen) atoms. The third kappa shape index (κ3) is 1.75. The van der Waals surface area contributed by atoms with Gasteiger partial charge >= 0.3 is 0 Å². The number of hydrogen-bond donors (Lipinski definition) is 1. The van der Waals surface area contributed by atoms with Crippen LogP contribution >= 0.6 is 0 Å². The van der Waals surface area contributed by atoms with E-state index in [4.69, 9.17) is 5.73 Å². The quantitative estimate of drug-likeness (QED) is 0.799. The molecule has 0 spiro atoms. The van der Waals surface area contributed by atoms with E-state index in [2.05, 4.69) is 22.1 Å². The monoisotopic (exact) mass is 228 g/mol. The summed E-state index contributed by atoms with van der Waals surface area (Å²) < 4.78 is 2.04. The molecular formula is C13H16N4. The third-order valence-electron chi connectivity index (χ3n) is 3.30. The molecule has 1 aliphatic rings. The van der Waals surface area contributed by atoms with E-state index >= 15 is 0 Å².